The van der Waals surface area contributed by atoms with Crippen LogP contribution >= 0.6 is 0 Å². The number of aromatic nitrogens is 4. The number of halogens is 1. The lowest BCUT2D eigenvalue weighted by atomic mass is 10.0. The Labute approximate surface area is 209 Å². The zero-order valence-electron chi connectivity index (χ0n) is 20.3. The van der Waals surface area contributed by atoms with Crippen LogP contribution in [0.25, 0.3) is 5.57 Å². The first-order valence-corrected chi connectivity index (χ1v) is 12.0. The molecule has 0 radical (unpaired) electrons. The maximum atomic E-state index is 14.1. The van der Waals surface area contributed by atoms with E-state index in [2.05, 4.69) is 43.1 Å². The molecular weight excluding hydrogens is 457 g/mol. The molecule has 4 heterocycles. The van der Waals surface area contributed by atoms with E-state index in [0.29, 0.717) is 24.4 Å². The van der Waals surface area contributed by atoms with E-state index in [-0.39, 0.29) is 11.9 Å². The van der Waals surface area contributed by atoms with Crippen molar-refractivity contribution >= 4 is 23.2 Å². The Balaban J connectivity index is 1.29. The van der Waals surface area contributed by atoms with Crippen molar-refractivity contribution in [2.75, 3.05) is 18.4 Å². The van der Waals surface area contributed by atoms with Crippen LogP contribution < -0.4 is 11.2 Å². The molecule has 0 saturated carbocycles. The molecule has 0 aliphatic carbocycles. The first kappa shape index (κ1) is 23.5. The first-order chi connectivity index (χ1) is 17.5. The maximum Gasteiger partial charge on any atom is 0.228 e. The minimum Gasteiger partial charge on any atom is -0.368 e. The Morgan fingerprint density at radius 2 is 2.08 bits per heavy atom. The fourth-order valence-corrected chi connectivity index (χ4v) is 4.82. The third-order valence-electron chi connectivity index (χ3n) is 6.75. The monoisotopic (exact) mass is 487 g/mol. The molecule has 1 atom stereocenters. The van der Waals surface area contributed by atoms with Gasteiger partial charge < -0.3 is 21.0 Å². The molecule has 186 valence electrons. The molecule has 10 heteroatoms. The van der Waals surface area contributed by atoms with Gasteiger partial charge >= 0.3 is 0 Å². The molecule has 0 amide bonds. The SMILES string of the molecule is C=C1C2CC(c3ccnc(Nc4ccnn4C)n3)=CN2CCCN1/C(CCc1ccccc1F)=N\N. The summed E-state index contributed by atoms with van der Waals surface area (Å²) >= 11 is 0. The summed E-state index contributed by atoms with van der Waals surface area (Å²) in [6.45, 7) is 6.09. The van der Waals surface area contributed by atoms with Crippen molar-refractivity contribution in [3.63, 3.8) is 0 Å². The number of nitrogens with two attached hydrogens (primary N) is 1. The highest BCUT2D eigenvalue weighted by Gasteiger charge is 2.34. The van der Waals surface area contributed by atoms with Crippen molar-refractivity contribution in [1.82, 2.24) is 29.5 Å². The van der Waals surface area contributed by atoms with E-state index in [1.54, 1.807) is 29.2 Å². The molecule has 3 N–H and O–H groups in total. The van der Waals surface area contributed by atoms with Gasteiger partial charge in [0.1, 0.15) is 17.5 Å². The zero-order valence-corrected chi connectivity index (χ0v) is 20.3. The second-order valence-corrected chi connectivity index (χ2v) is 8.98. The van der Waals surface area contributed by atoms with Gasteiger partial charge in [-0.3, -0.25) is 4.68 Å². The van der Waals surface area contributed by atoms with Gasteiger partial charge in [-0.15, -0.1) is 0 Å². The number of anilines is 2. The number of hydrazone groups is 1. The number of nitrogens with one attached hydrogen (secondary N) is 1. The maximum absolute atomic E-state index is 14.1. The minimum atomic E-state index is -0.207. The van der Waals surface area contributed by atoms with Gasteiger partial charge in [0.25, 0.3) is 0 Å². The van der Waals surface area contributed by atoms with Crippen LogP contribution in [0.3, 0.4) is 0 Å². The van der Waals surface area contributed by atoms with E-state index in [1.165, 1.54) is 6.07 Å². The Kier molecular flexibility index (Phi) is 6.66. The molecule has 1 fully saturated rings. The fourth-order valence-electron chi connectivity index (χ4n) is 4.82. The molecule has 1 unspecified atom stereocenters. The summed E-state index contributed by atoms with van der Waals surface area (Å²) in [6.07, 6.45) is 8.41. The van der Waals surface area contributed by atoms with Crippen molar-refractivity contribution in [2.24, 2.45) is 18.0 Å². The second kappa shape index (κ2) is 10.2. The summed E-state index contributed by atoms with van der Waals surface area (Å²) in [5.74, 6) is 7.66. The van der Waals surface area contributed by atoms with Gasteiger partial charge in [0.2, 0.25) is 5.95 Å². The Morgan fingerprint density at radius 3 is 2.86 bits per heavy atom. The Hall–Kier alpha value is -4.21. The number of hydrogen-bond donors (Lipinski definition) is 2. The normalized spacial score (nSPS) is 18.2. The topological polar surface area (TPSA) is 100 Å². The van der Waals surface area contributed by atoms with Crippen molar-refractivity contribution in [3.05, 3.63) is 84.3 Å². The van der Waals surface area contributed by atoms with Crippen molar-refractivity contribution in [1.29, 1.82) is 0 Å². The van der Waals surface area contributed by atoms with E-state index in [4.69, 9.17) is 10.8 Å². The largest absolute Gasteiger partial charge is 0.368 e. The number of nitrogens with zero attached hydrogens (tertiary/aromatic N) is 7. The summed E-state index contributed by atoms with van der Waals surface area (Å²) in [7, 11) is 1.86. The lowest BCUT2D eigenvalue weighted by molar-refractivity contribution is 0.336. The molecular formula is C26H30FN9. The van der Waals surface area contributed by atoms with Crippen LogP contribution in [0.5, 0.6) is 0 Å². The predicted molar refractivity (Wildman–Crippen MR) is 138 cm³/mol. The standard InChI is InChI=1S/C26H30FN9/c1-18-23-16-20(22-10-12-29-26(31-22)32-24-11-13-30-34(24)2)17-35(23)14-5-15-36(18)25(33-28)9-8-19-6-3-4-7-21(19)27/h3-4,6-7,10-13,17,23H,1,5,8-9,14-16,28H2,2H3,(H,29,31,32)/b33-25-. The lowest BCUT2D eigenvalue weighted by Gasteiger charge is -2.31. The average Bonchev–Trinajstić information content (AvgIpc) is 3.46. The van der Waals surface area contributed by atoms with Crippen LogP contribution in [-0.4, -0.2) is 54.5 Å². The molecule has 0 bridgehead atoms. The molecule has 5 rings (SSSR count). The van der Waals surface area contributed by atoms with E-state index >= 15 is 0 Å². The lowest BCUT2D eigenvalue weighted by Crippen LogP contribution is -2.37. The molecule has 2 aromatic heterocycles. The van der Waals surface area contributed by atoms with Crippen LogP contribution in [0.2, 0.25) is 0 Å². The summed E-state index contributed by atoms with van der Waals surface area (Å²) in [4.78, 5) is 13.5. The highest BCUT2D eigenvalue weighted by atomic mass is 19.1. The third-order valence-corrected chi connectivity index (χ3v) is 6.75. The van der Waals surface area contributed by atoms with Gasteiger partial charge in [-0.1, -0.05) is 24.8 Å². The van der Waals surface area contributed by atoms with E-state index < -0.39 is 0 Å². The molecule has 1 saturated heterocycles. The smallest absolute Gasteiger partial charge is 0.228 e. The Morgan fingerprint density at radius 1 is 1.22 bits per heavy atom. The third kappa shape index (κ3) is 4.79. The van der Waals surface area contributed by atoms with Gasteiger partial charge in [0, 0.05) is 57.1 Å². The molecule has 1 aromatic carbocycles. The second-order valence-electron chi connectivity index (χ2n) is 8.98. The highest BCUT2D eigenvalue weighted by Crippen LogP contribution is 2.35. The average molecular weight is 488 g/mol. The summed E-state index contributed by atoms with van der Waals surface area (Å²) in [6, 6.07) is 10.7. The summed E-state index contributed by atoms with van der Waals surface area (Å²) in [5.41, 5.74) is 3.59. The molecule has 9 nitrogen and oxygen atoms in total. The summed E-state index contributed by atoms with van der Waals surface area (Å²) < 4.78 is 15.9. The van der Waals surface area contributed by atoms with Gasteiger partial charge in [-0.2, -0.15) is 10.2 Å². The number of hydrogen-bond acceptors (Lipinski definition) is 7. The number of rotatable bonds is 6. The van der Waals surface area contributed by atoms with Crippen LogP contribution in [-0.2, 0) is 13.5 Å². The first-order valence-electron chi connectivity index (χ1n) is 12.0. The minimum absolute atomic E-state index is 0.0798. The molecule has 0 spiro atoms. The van der Waals surface area contributed by atoms with Gasteiger partial charge in [-0.05, 0) is 36.1 Å². The highest BCUT2D eigenvalue weighted by molar-refractivity contribution is 5.84. The van der Waals surface area contributed by atoms with Crippen LogP contribution in [0.4, 0.5) is 16.2 Å². The van der Waals surface area contributed by atoms with Crippen molar-refractivity contribution < 1.29 is 4.39 Å². The molecule has 2 aliphatic rings. The van der Waals surface area contributed by atoms with Crippen molar-refractivity contribution in [2.45, 2.75) is 31.7 Å². The van der Waals surface area contributed by atoms with E-state index in [0.717, 1.165) is 54.5 Å². The quantitative estimate of drug-likeness (QED) is 0.237. The number of benzene rings is 1. The number of fused-ring (bicyclic) bond motifs is 1. The van der Waals surface area contributed by atoms with Gasteiger partial charge in [0.15, 0.2) is 0 Å². The van der Waals surface area contributed by atoms with E-state index in [1.807, 2.05) is 25.2 Å². The van der Waals surface area contributed by atoms with E-state index in [9.17, 15) is 4.39 Å². The van der Waals surface area contributed by atoms with Crippen molar-refractivity contribution in [3.8, 4) is 0 Å². The van der Waals surface area contributed by atoms with Crippen LogP contribution in [0.1, 0.15) is 30.5 Å². The molecule has 36 heavy (non-hydrogen) atoms. The van der Waals surface area contributed by atoms with Crippen LogP contribution in [0, 0.1) is 5.82 Å². The van der Waals surface area contributed by atoms with Crippen LogP contribution in [0.15, 0.2) is 72.4 Å². The van der Waals surface area contributed by atoms with Gasteiger partial charge in [0.05, 0.1) is 17.9 Å². The number of amidine groups is 1. The predicted octanol–water partition coefficient (Wildman–Crippen LogP) is 3.63. The molecule has 2 aliphatic heterocycles. The Bertz CT molecular complexity index is 1310. The number of aryl methyl sites for hydroxylation is 2. The zero-order chi connectivity index (χ0) is 25.1. The molecule has 3 aromatic rings. The van der Waals surface area contributed by atoms with Gasteiger partial charge in [-0.25, -0.2) is 14.4 Å². The summed E-state index contributed by atoms with van der Waals surface area (Å²) in [5, 5.41) is 11.5. The fraction of sp³-hybridized carbons (Fsp3) is 0.308.